The molecule has 0 aliphatic rings. The zero-order valence-electron chi connectivity index (χ0n) is 12.0. The van der Waals surface area contributed by atoms with Crippen LogP contribution in [0.4, 0.5) is 0 Å². The smallest absolute Gasteiger partial charge is 0.251 e. The van der Waals surface area contributed by atoms with E-state index in [0.29, 0.717) is 18.7 Å². The minimum atomic E-state index is -0.0599. The van der Waals surface area contributed by atoms with Gasteiger partial charge in [0.1, 0.15) is 12.7 Å². The van der Waals surface area contributed by atoms with Gasteiger partial charge in [-0.1, -0.05) is 0 Å². The predicted molar refractivity (Wildman–Crippen MR) is 84.0 cm³/mol. The molecular formula is C14H20ClN5O. The number of rotatable bonds is 6. The Morgan fingerprint density at radius 1 is 1.38 bits per heavy atom. The van der Waals surface area contributed by atoms with Crippen LogP contribution in [0.3, 0.4) is 0 Å². The maximum atomic E-state index is 12.0. The average Bonchev–Trinajstić information content (AvgIpc) is 2.97. The topological polar surface area (TPSA) is 85.8 Å². The minimum absolute atomic E-state index is 0. The molecule has 114 valence electrons. The molecule has 2 aromatic rings. The lowest BCUT2D eigenvalue weighted by molar-refractivity contribution is 0.0953. The van der Waals surface area contributed by atoms with Gasteiger partial charge in [-0.2, -0.15) is 5.10 Å². The Kier molecular flexibility index (Phi) is 6.84. The van der Waals surface area contributed by atoms with Crippen LogP contribution in [0.25, 0.3) is 5.69 Å². The zero-order valence-corrected chi connectivity index (χ0v) is 12.8. The Labute approximate surface area is 130 Å². The van der Waals surface area contributed by atoms with Crippen molar-refractivity contribution in [3.05, 3.63) is 42.0 Å². The number of hydrogen-bond donors (Lipinski definition) is 2. The maximum absolute atomic E-state index is 12.0. The summed E-state index contributed by atoms with van der Waals surface area (Å²) in [5.41, 5.74) is 7.96. The Bertz CT molecular complexity index is 571. The largest absolute Gasteiger partial charge is 0.352 e. The van der Waals surface area contributed by atoms with E-state index in [0.717, 1.165) is 24.1 Å². The van der Waals surface area contributed by atoms with E-state index >= 15 is 0 Å². The molecule has 3 N–H and O–H groups in total. The molecule has 21 heavy (non-hydrogen) atoms. The van der Waals surface area contributed by atoms with Gasteiger partial charge in [0.15, 0.2) is 0 Å². The summed E-state index contributed by atoms with van der Waals surface area (Å²) in [6, 6.07) is 5.52. The molecule has 0 fully saturated rings. The van der Waals surface area contributed by atoms with E-state index in [1.54, 1.807) is 17.1 Å². The van der Waals surface area contributed by atoms with Gasteiger partial charge in [0.2, 0.25) is 0 Å². The second kappa shape index (κ2) is 8.39. The van der Waals surface area contributed by atoms with Crippen molar-refractivity contribution in [2.24, 2.45) is 5.73 Å². The number of halogens is 1. The van der Waals surface area contributed by atoms with Gasteiger partial charge in [0, 0.05) is 12.1 Å². The van der Waals surface area contributed by atoms with Crippen LogP contribution in [0.15, 0.2) is 30.9 Å². The summed E-state index contributed by atoms with van der Waals surface area (Å²) >= 11 is 0. The summed E-state index contributed by atoms with van der Waals surface area (Å²) in [6.07, 6.45) is 4.94. The lowest BCUT2D eigenvalue weighted by Gasteiger charge is -2.09. The highest BCUT2D eigenvalue weighted by molar-refractivity contribution is 5.94. The second-order valence-electron chi connectivity index (χ2n) is 4.59. The van der Waals surface area contributed by atoms with Crippen LogP contribution in [0.1, 0.15) is 28.8 Å². The second-order valence-corrected chi connectivity index (χ2v) is 4.59. The van der Waals surface area contributed by atoms with Crippen LogP contribution < -0.4 is 11.1 Å². The van der Waals surface area contributed by atoms with Gasteiger partial charge in [-0.3, -0.25) is 4.79 Å². The highest BCUT2D eigenvalue weighted by Crippen LogP contribution is 2.14. The number of aromatic nitrogens is 3. The summed E-state index contributed by atoms with van der Waals surface area (Å²) in [6.45, 7) is 3.25. The summed E-state index contributed by atoms with van der Waals surface area (Å²) in [5.74, 6) is -0.0599. The molecule has 0 aliphatic carbocycles. The van der Waals surface area contributed by atoms with Crippen molar-refractivity contribution in [3.8, 4) is 5.69 Å². The van der Waals surface area contributed by atoms with Crippen molar-refractivity contribution in [1.29, 1.82) is 0 Å². The van der Waals surface area contributed by atoms with Gasteiger partial charge < -0.3 is 11.1 Å². The normalized spacial score (nSPS) is 10.0. The molecule has 0 saturated carbocycles. The van der Waals surface area contributed by atoms with Gasteiger partial charge >= 0.3 is 0 Å². The van der Waals surface area contributed by atoms with Crippen LogP contribution in [0.2, 0.25) is 0 Å². The van der Waals surface area contributed by atoms with Crippen molar-refractivity contribution in [1.82, 2.24) is 20.1 Å². The summed E-state index contributed by atoms with van der Waals surface area (Å²) in [7, 11) is 0. The fourth-order valence-corrected chi connectivity index (χ4v) is 1.96. The first-order valence-corrected chi connectivity index (χ1v) is 6.66. The molecule has 2 rings (SSSR count). The first-order chi connectivity index (χ1) is 9.72. The number of carbonyl (C=O) groups excluding carboxylic acids is 1. The Hall–Kier alpha value is -1.92. The third kappa shape index (κ3) is 4.54. The lowest BCUT2D eigenvalue weighted by atomic mass is 10.1. The fourth-order valence-electron chi connectivity index (χ4n) is 1.96. The quantitative estimate of drug-likeness (QED) is 0.791. The van der Waals surface area contributed by atoms with Gasteiger partial charge in [-0.15, -0.1) is 12.4 Å². The van der Waals surface area contributed by atoms with Gasteiger partial charge in [0.05, 0.1) is 5.69 Å². The molecular weight excluding hydrogens is 290 g/mol. The van der Waals surface area contributed by atoms with Crippen molar-refractivity contribution in [2.45, 2.75) is 19.8 Å². The van der Waals surface area contributed by atoms with E-state index in [2.05, 4.69) is 15.4 Å². The van der Waals surface area contributed by atoms with Crippen LogP contribution in [-0.4, -0.2) is 33.8 Å². The van der Waals surface area contributed by atoms with Gasteiger partial charge in [-0.25, -0.2) is 9.67 Å². The van der Waals surface area contributed by atoms with Gasteiger partial charge in [-0.05, 0) is 50.1 Å². The molecule has 1 amide bonds. The third-order valence-electron chi connectivity index (χ3n) is 3.04. The monoisotopic (exact) mass is 309 g/mol. The van der Waals surface area contributed by atoms with E-state index in [1.165, 1.54) is 6.33 Å². The number of aryl methyl sites for hydroxylation is 1. The van der Waals surface area contributed by atoms with E-state index < -0.39 is 0 Å². The molecule has 1 aromatic heterocycles. The maximum Gasteiger partial charge on any atom is 0.251 e. The number of nitrogens with one attached hydrogen (secondary N) is 1. The van der Waals surface area contributed by atoms with E-state index in [4.69, 9.17) is 5.73 Å². The van der Waals surface area contributed by atoms with Crippen LogP contribution in [0.5, 0.6) is 0 Å². The number of nitrogens with zero attached hydrogens (tertiary/aromatic N) is 3. The average molecular weight is 310 g/mol. The highest BCUT2D eigenvalue weighted by atomic mass is 35.5. The fraction of sp³-hybridized carbons (Fsp3) is 0.357. The van der Waals surface area contributed by atoms with Crippen molar-refractivity contribution in [2.75, 3.05) is 13.1 Å². The predicted octanol–water partition coefficient (Wildman–Crippen LogP) is 1.47. The van der Waals surface area contributed by atoms with E-state index in [9.17, 15) is 4.79 Å². The summed E-state index contributed by atoms with van der Waals surface area (Å²) in [4.78, 5) is 15.9. The molecule has 6 nitrogen and oxygen atoms in total. The van der Waals surface area contributed by atoms with Gasteiger partial charge in [0.25, 0.3) is 5.91 Å². The SMILES string of the molecule is Cc1cc(C(=O)NCCCCN)ccc1-n1cncn1.Cl. The molecule has 0 bridgehead atoms. The molecule has 0 aliphatic heterocycles. The van der Waals surface area contributed by atoms with Crippen molar-refractivity contribution < 1.29 is 4.79 Å². The zero-order chi connectivity index (χ0) is 14.4. The Morgan fingerprint density at radius 2 is 2.19 bits per heavy atom. The molecule has 1 aromatic carbocycles. The molecule has 0 saturated heterocycles. The summed E-state index contributed by atoms with van der Waals surface area (Å²) < 4.78 is 1.68. The summed E-state index contributed by atoms with van der Waals surface area (Å²) in [5, 5.41) is 6.97. The lowest BCUT2D eigenvalue weighted by Crippen LogP contribution is -2.25. The van der Waals surface area contributed by atoms with Crippen LogP contribution in [0, 0.1) is 6.92 Å². The van der Waals surface area contributed by atoms with Crippen LogP contribution in [-0.2, 0) is 0 Å². The number of amides is 1. The van der Waals surface area contributed by atoms with Crippen LogP contribution >= 0.6 is 12.4 Å². The third-order valence-corrected chi connectivity index (χ3v) is 3.04. The Morgan fingerprint density at radius 3 is 2.81 bits per heavy atom. The molecule has 0 radical (unpaired) electrons. The molecule has 7 heteroatoms. The Balaban J connectivity index is 0.00000220. The molecule has 0 unspecified atom stereocenters. The first-order valence-electron chi connectivity index (χ1n) is 6.66. The minimum Gasteiger partial charge on any atom is -0.352 e. The standard InChI is InChI=1S/C14H19N5O.ClH/c1-11-8-12(14(20)17-7-3-2-6-15)4-5-13(11)19-10-16-9-18-19;/h4-5,8-10H,2-3,6-7,15H2,1H3,(H,17,20);1H. The highest BCUT2D eigenvalue weighted by Gasteiger charge is 2.08. The number of benzene rings is 1. The number of carbonyl (C=O) groups is 1. The molecule has 1 heterocycles. The molecule has 0 spiro atoms. The number of unbranched alkanes of at least 4 members (excludes halogenated alkanes) is 1. The van der Waals surface area contributed by atoms with E-state index in [1.807, 2.05) is 19.1 Å². The van der Waals surface area contributed by atoms with Crippen molar-refractivity contribution in [3.63, 3.8) is 0 Å². The van der Waals surface area contributed by atoms with Crippen molar-refractivity contribution >= 4 is 18.3 Å². The number of hydrogen-bond acceptors (Lipinski definition) is 4. The van der Waals surface area contributed by atoms with E-state index in [-0.39, 0.29) is 18.3 Å². The first kappa shape index (κ1) is 17.1. The number of nitrogens with two attached hydrogens (primary N) is 1. The molecule has 0 atom stereocenters.